The van der Waals surface area contributed by atoms with Gasteiger partial charge in [-0.1, -0.05) is 20.8 Å². The van der Waals surface area contributed by atoms with Crippen molar-refractivity contribution in [2.24, 2.45) is 11.3 Å². The van der Waals surface area contributed by atoms with Crippen LogP contribution in [0.25, 0.3) is 0 Å². The van der Waals surface area contributed by atoms with E-state index < -0.39 is 24.0 Å². The van der Waals surface area contributed by atoms with Gasteiger partial charge in [-0.25, -0.2) is 4.79 Å². The third-order valence-electron chi connectivity index (χ3n) is 6.74. The Morgan fingerprint density at radius 1 is 1.21 bits per heavy atom. The summed E-state index contributed by atoms with van der Waals surface area (Å²) in [6.07, 6.45) is 2.83. The van der Waals surface area contributed by atoms with E-state index in [-0.39, 0.29) is 17.2 Å². The van der Waals surface area contributed by atoms with Crippen molar-refractivity contribution in [3.05, 3.63) is 23.8 Å². The summed E-state index contributed by atoms with van der Waals surface area (Å²) in [4.78, 5) is 53.2. The third-order valence-corrected chi connectivity index (χ3v) is 6.74. The number of nitrogens with zero attached hydrogens (tertiary/aromatic N) is 2. The Hall–Kier alpha value is -3.10. The predicted octanol–water partition coefficient (Wildman–Crippen LogP) is 2.86. The molecule has 0 aromatic heterocycles. The molecule has 2 aliphatic rings. The highest BCUT2D eigenvalue weighted by molar-refractivity contribution is 6.10. The fraction of sp³-hybridized carbons (Fsp3) is 0.583. The van der Waals surface area contributed by atoms with Gasteiger partial charge in [-0.2, -0.15) is 0 Å². The van der Waals surface area contributed by atoms with Gasteiger partial charge in [0.05, 0.1) is 12.8 Å². The van der Waals surface area contributed by atoms with E-state index in [2.05, 4.69) is 31.4 Å². The van der Waals surface area contributed by atoms with Crippen molar-refractivity contribution in [1.82, 2.24) is 15.1 Å². The van der Waals surface area contributed by atoms with E-state index in [1.54, 1.807) is 26.2 Å². The lowest BCUT2D eigenvalue weighted by Crippen LogP contribution is -2.51. The molecule has 180 valence electrons. The van der Waals surface area contributed by atoms with Gasteiger partial charge in [0.2, 0.25) is 5.91 Å². The Morgan fingerprint density at radius 3 is 2.39 bits per heavy atom. The van der Waals surface area contributed by atoms with Gasteiger partial charge in [0.1, 0.15) is 17.8 Å². The number of rotatable bonds is 5. The highest BCUT2D eigenvalue weighted by Gasteiger charge is 2.53. The van der Waals surface area contributed by atoms with Crippen LogP contribution in [0.4, 0.5) is 10.5 Å². The van der Waals surface area contributed by atoms with Crippen LogP contribution in [-0.2, 0) is 9.59 Å². The molecule has 0 atom stereocenters. The summed E-state index contributed by atoms with van der Waals surface area (Å²) >= 11 is 0. The SMILES string of the molecule is COc1ccc(C(=O)N(C)C)cc1NC(=O)CN1C(=O)NC2(CCC(C(C)(C)C)CC2)C1=O. The molecule has 1 aromatic carbocycles. The number of urea groups is 1. The van der Waals surface area contributed by atoms with Crippen LogP contribution in [0.5, 0.6) is 5.75 Å². The van der Waals surface area contributed by atoms with E-state index in [4.69, 9.17) is 4.74 Å². The van der Waals surface area contributed by atoms with Crippen molar-refractivity contribution in [2.75, 3.05) is 33.1 Å². The number of imide groups is 1. The largest absolute Gasteiger partial charge is 0.495 e. The van der Waals surface area contributed by atoms with Gasteiger partial charge in [0.15, 0.2) is 0 Å². The summed E-state index contributed by atoms with van der Waals surface area (Å²) < 4.78 is 5.28. The van der Waals surface area contributed by atoms with Crippen LogP contribution in [-0.4, -0.2) is 66.8 Å². The average molecular weight is 459 g/mol. The molecule has 0 bridgehead atoms. The molecule has 1 aliphatic heterocycles. The van der Waals surface area contributed by atoms with Crippen molar-refractivity contribution in [1.29, 1.82) is 0 Å². The van der Waals surface area contributed by atoms with Crippen molar-refractivity contribution in [3.8, 4) is 5.75 Å². The summed E-state index contributed by atoms with van der Waals surface area (Å²) in [5.74, 6) is -0.275. The van der Waals surface area contributed by atoms with Crippen molar-refractivity contribution in [2.45, 2.75) is 52.0 Å². The van der Waals surface area contributed by atoms with E-state index in [0.29, 0.717) is 35.8 Å². The van der Waals surface area contributed by atoms with Gasteiger partial charge >= 0.3 is 6.03 Å². The lowest BCUT2D eigenvalue weighted by atomic mass is 9.67. The summed E-state index contributed by atoms with van der Waals surface area (Å²) in [5.41, 5.74) is -0.105. The Labute approximate surface area is 194 Å². The molecule has 0 unspecified atom stereocenters. The van der Waals surface area contributed by atoms with E-state index in [9.17, 15) is 19.2 Å². The second kappa shape index (κ2) is 9.03. The molecule has 1 saturated carbocycles. The Morgan fingerprint density at radius 2 is 1.85 bits per heavy atom. The number of nitrogens with one attached hydrogen (secondary N) is 2. The van der Waals surface area contributed by atoms with Crippen LogP contribution < -0.4 is 15.4 Å². The van der Waals surface area contributed by atoms with Gasteiger partial charge in [0.25, 0.3) is 11.8 Å². The van der Waals surface area contributed by atoms with Crippen molar-refractivity contribution < 1.29 is 23.9 Å². The van der Waals surface area contributed by atoms with Crippen LogP contribution in [0.1, 0.15) is 56.8 Å². The number of amides is 5. The summed E-state index contributed by atoms with van der Waals surface area (Å²) in [7, 11) is 4.72. The first-order valence-electron chi connectivity index (χ1n) is 11.2. The van der Waals surface area contributed by atoms with Crippen LogP contribution in [0, 0.1) is 11.3 Å². The Balaban J connectivity index is 1.70. The number of carbonyl (C=O) groups excluding carboxylic acids is 4. The predicted molar refractivity (Wildman–Crippen MR) is 124 cm³/mol. The molecule has 3 rings (SSSR count). The number of ether oxygens (including phenoxy) is 1. The molecule has 1 saturated heterocycles. The third kappa shape index (κ3) is 4.96. The maximum Gasteiger partial charge on any atom is 0.325 e. The minimum Gasteiger partial charge on any atom is -0.495 e. The fourth-order valence-electron chi connectivity index (χ4n) is 4.67. The molecule has 1 aromatic rings. The first kappa shape index (κ1) is 24.5. The number of benzene rings is 1. The van der Waals surface area contributed by atoms with Crippen LogP contribution in [0.15, 0.2) is 18.2 Å². The molecule has 2 N–H and O–H groups in total. The van der Waals surface area contributed by atoms with Crippen molar-refractivity contribution in [3.63, 3.8) is 0 Å². The molecular formula is C24H34N4O5. The second-order valence-corrected chi connectivity index (χ2v) is 10.2. The molecule has 2 fully saturated rings. The lowest BCUT2D eigenvalue weighted by Gasteiger charge is -2.40. The maximum atomic E-state index is 13.2. The Kier molecular flexibility index (Phi) is 6.72. The molecule has 0 radical (unpaired) electrons. The molecule has 1 spiro atoms. The van der Waals surface area contributed by atoms with Gasteiger partial charge in [0, 0.05) is 19.7 Å². The molecule has 1 aliphatic carbocycles. The quantitative estimate of drug-likeness (QED) is 0.660. The Bertz CT molecular complexity index is 958. The van der Waals surface area contributed by atoms with Crippen LogP contribution >= 0.6 is 0 Å². The number of anilines is 1. The number of hydrogen-bond acceptors (Lipinski definition) is 5. The van der Waals surface area contributed by atoms with E-state index >= 15 is 0 Å². The van der Waals surface area contributed by atoms with Crippen LogP contribution in [0.3, 0.4) is 0 Å². The topological polar surface area (TPSA) is 108 Å². The van der Waals surface area contributed by atoms with Gasteiger partial charge in [-0.15, -0.1) is 0 Å². The standard InChI is InChI=1S/C24H34N4O5/c1-23(2,3)16-9-11-24(12-10-16)21(31)28(22(32)26-24)14-19(29)25-17-13-15(20(30)27(4)5)7-8-18(17)33-6/h7-8,13,16H,9-12,14H2,1-6H3,(H,25,29)(H,26,32). The number of carbonyl (C=O) groups is 4. The number of methoxy groups -OCH3 is 1. The molecule has 33 heavy (non-hydrogen) atoms. The second-order valence-electron chi connectivity index (χ2n) is 10.2. The van der Waals surface area contributed by atoms with Crippen LogP contribution in [0.2, 0.25) is 0 Å². The zero-order valence-corrected chi connectivity index (χ0v) is 20.3. The normalized spacial score (nSPS) is 22.8. The molecule has 9 nitrogen and oxygen atoms in total. The zero-order chi connectivity index (χ0) is 24.6. The number of hydrogen-bond donors (Lipinski definition) is 2. The first-order valence-corrected chi connectivity index (χ1v) is 11.2. The van der Waals surface area contributed by atoms with E-state index in [1.807, 2.05) is 0 Å². The van der Waals surface area contributed by atoms with Crippen molar-refractivity contribution >= 4 is 29.4 Å². The summed E-state index contributed by atoms with van der Waals surface area (Å²) in [6, 6.07) is 4.15. The summed E-state index contributed by atoms with van der Waals surface area (Å²) in [5, 5.41) is 5.53. The zero-order valence-electron chi connectivity index (χ0n) is 20.3. The monoisotopic (exact) mass is 458 g/mol. The smallest absolute Gasteiger partial charge is 0.325 e. The first-order chi connectivity index (χ1) is 15.4. The highest BCUT2D eigenvalue weighted by atomic mass is 16.5. The average Bonchev–Trinajstić information content (AvgIpc) is 2.96. The molecule has 5 amide bonds. The van der Waals surface area contributed by atoms with Gasteiger partial charge in [-0.05, 0) is 55.2 Å². The molecule has 1 heterocycles. The van der Waals surface area contributed by atoms with E-state index in [0.717, 1.165) is 17.7 Å². The van der Waals surface area contributed by atoms with Gasteiger partial charge < -0.3 is 20.3 Å². The minimum atomic E-state index is -0.922. The van der Waals surface area contributed by atoms with Gasteiger partial charge in [-0.3, -0.25) is 19.3 Å². The fourth-order valence-corrected chi connectivity index (χ4v) is 4.67. The summed E-state index contributed by atoms with van der Waals surface area (Å²) in [6.45, 7) is 6.16. The maximum absolute atomic E-state index is 13.2. The molecule has 9 heteroatoms. The van der Waals surface area contributed by atoms with E-state index in [1.165, 1.54) is 18.1 Å². The molecular weight excluding hydrogens is 424 g/mol. The highest BCUT2D eigenvalue weighted by Crippen LogP contribution is 2.43. The lowest BCUT2D eigenvalue weighted by molar-refractivity contribution is -0.135. The minimum absolute atomic E-state index is 0.147.